The Morgan fingerprint density at radius 3 is 2.67 bits per heavy atom. The molecule has 0 unspecified atom stereocenters. The highest BCUT2D eigenvalue weighted by molar-refractivity contribution is 5.75. The number of nitrogens with one attached hydrogen (secondary N) is 1. The number of hydrogen-bond acceptors (Lipinski definition) is 11. The third-order valence-electron chi connectivity index (χ3n) is 6.60. The molecule has 0 spiro atoms. The average molecular weight is 534 g/mol. The van der Waals surface area contributed by atoms with Gasteiger partial charge in [-0.3, -0.25) is 0 Å². The van der Waals surface area contributed by atoms with Crippen LogP contribution in [0.1, 0.15) is 12.2 Å². The molecule has 0 radical (unpaired) electrons. The smallest absolute Gasteiger partial charge is 0.296 e. The van der Waals surface area contributed by atoms with Crippen molar-refractivity contribution in [3.8, 4) is 28.8 Å². The Hall–Kier alpha value is -5.37. The summed E-state index contributed by atoms with van der Waals surface area (Å²) in [6.07, 6.45) is 2.62. The van der Waals surface area contributed by atoms with Gasteiger partial charge in [0.2, 0.25) is 5.82 Å². The van der Waals surface area contributed by atoms with E-state index in [0.29, 0.717) is 35.5 Å². The van der Waals surface area contributed by atoms with Crippen LogP contribution in [0.2, 0.25) is 0 Å². The first kappa shape index (κ1) is 24.9. The molecule has 6 rings (SSSR count). The minimum atomic E-state index is 0.152. The number of phenolic OH excluding ortho intramolecular Hbond substituents is 1. The lowest BCUT2D eigenvalue weighted by molar-refractivity contribution is 0.477. The first-order chi connectivity index (χ1) is 19.6. The second kappa shape index (κ2) is 11.2. The van der Waals surface area contributed by atoms with Crippen LogP contribution in [0.15, 0.2) is 71.3 Å². The SMILES string of the molecule is Nc1nnc(-c2ccccc2O)cc1N1CCCN(c2ccnc(C#CCNc3nc4ccccc4o3)n2)CC1. The highest BCUT2D eigenvalue weighted by atomic mass is 16.4. The van der Waals surface area contributed by atoms with Crippen LogP contribution in [0.25, 0.3) is 22.4 Å². The first-order valence-corrected chi connectivity index (χ1v) is 13.0. The Bertz CT molecular complexity index is 1680. The minimum Gasteiger partial charge on any atom is -0.507 e. The average Bonchev–Trinajstić information content (AvgIpc) is 3.24. The standard InChI is InChI=1S/C29H27N9O2/c30-28-23(19-22(35-36-28)20-7-1-3-9-24(20)39)37-15-6-16-38(18-17-37)27-12-14-31-26(34-27)11-5-13-32-29-33-21-8-2-4-10-25(21)40-29/h1-4,7-10,12,14,19,39H,6,13,15-18H2,(H2,30,36)(H,32,33). The van der Waals surface area contributed by atoms with E-state index >= 15 is 0 Å². The van der Waals surface area contributed by atoms with Gasteiger partial charge in [0.1, 0.15) is 17.1 Å². The van der Waals surface area contributed by atoms with Gasteiger partial charge in [0.25, 0.3) is 6.01 Å². The number of para-hydroxylation sites is 3. The topological polar surface area (TPSA) is 142 Å². The van der Waals surface area contributed by atoms with Crippen LogP contribution in [-0.2, 0) is 0 Å². The molecule has 1 fully saturated rings. The zero-order valence-corrected chi connectivity index (χ0v) is 21.7. The van der Waals surface area contributed by atoms with Crippen LogP contribution in [0, 0.1) is 11.8 Å². The van der Waals surface area contributed by atoms with Gasteiger partial charge in [-0.25, -0.2) is 9.97 Å². The minimum absolute atomic E-state index is 0.152. The number of fused-ring (bicyclic) bond motifs is 1. The second-order valence-electron chi connectivity index (χ2n) is 9.23. The van der Waals surface area contributed by atoms with Crippen molar-refractivity contribution in [2.75, 3.05) is 53.6 Å². The molecule has 0 amide bonds. The first-order valence-electron chi connectivity index (χ1n) is 13.0. The molecular weight excluding hydrogens is 506 g/mol. The highest BCUT2D eigenvalue weighted by Crippen LogP contribution is 2.31. The molecule has 0 saturated carbocycles. The summed E-state index contributed by atoms with van der Waals surface area (Å²) in [5.41, 5.74) is 9.74. The zero-order valence-electron chi connectivity index (χ0n) is 21.7. The number of hydrogen-bond donors (Lipinski definition) is 3. The normalized spacial score (nSPS) is 13.5. The molecule has 11 nitrogen and oxygen atoms in total. The van der Waals surface area contributed by atoms with E-state index in [1.807, 2.05) is 48.5 Å². The third-order valence-corrected chi connectivity index (χ3v) is 6.60. The summed E-state index contributed by atoms with van der Waals surface area (Å²) in [6, 6.07) is 18.9. The molecule has 4 N–H and O–H groups in total. The van der Waals surface area contributed by atoms with Gasteiger partial charge in [-0.05, 0) is 48.7 Å². The van der Waals surface area contributed by atoms with E-state index in [1.54, 1.807) is 18.3 Å². The van der Waals surface area contributed by atoms with Crippen LogP contribution in [0.3, 0.4) is 0 Å². The van der Waals surface area contributed by atoms with Crippen molar-refractivity contribution in [2.45, 2.75) is 6.42 Å². The van der Waals surface area contributed by atoms with Gasteiger partial charge in [0.15, 0.2) is 11.4 Å². The quantitative estimate of drug-likeness (QED) is 0.286. The molecule has 0 aliphatic carbocycles. The van der Waals surface area contributed by atoms with Crippen molar-refractivity contribution in [1.82, 2.24) is 25.1 Å². The van der Waals surface area contributed by atoms with E-state index in [0.717, 1.165) is 55.2 Å². The van der Waals surface area contributed by atoms with Gasteiger partial charge in [-0.15, -0.1) is 10.2 Å². The predicted octanol–water partition coefficient (Wildman–Crippen LogP) is 3.54. The summed E-state index contributed by atoms with van der Waals surface area (Å²) >= 11 is 0. The summed E-state index contributed by atoms with van der Waals surface area (Å²) in [4.78, 5) is 17.8. The number of aromatic nitrogens is 5. The van der Waals surface area contributed by atoms with E-state index in [9.17, 15) is 5.11 Å². The largest absolute Gasteiger partial charge is 0.507 e. The Balaban J connectivity index is 1.11. The Kier molecular flexibility index (Phi) is 6.96. The van der Waals surface area contributed by atoms with Gasteiger partial charge in [-0.2, -0.15) is 4.98 Å². The molecule has 1 saturated heterocycles. The van der Waals surface area contributed by atoms with E-state index < -0.39 is 0 Å². The van der Waals surface area contributed by atoms with Crippen molar-refractivity contribution in [3.63, 3.8) is 0 Å². The number of nitrogens with zero attached hydrogens (tertiary/aromatic N) is 7. The maximum absolute atomic E-state index is 10.3. The highest BCUT2D eigenvalue weighted by Gasteiger charge is 2.20. The lowest BCUT2D eigenvalue weighted by Gasteiger charge is -2.25. The fourth-order valence-corrected chi connectivity index (χ4v) is 4.63. The van der Waals surface area contributed by atoms with Gasteiger partial charge in [0, 0.05) is 37.9 Å². The fourth-order valence-electron chi connectivity index (χ4n) is 4.63. The van der Waals surface area contributed by atoms with E-state index in [1.165, 1.54) is 0 Å². The molecule has 3 aromatic heterocycles. The summed E-state index contributed by atoms with van der Waals surface area (Å²) in [5, 5.41) is 21.7. The van der Waals surface area contributed by atoms with Gasteiger partial charge in [0.05, 0.1) is 17.9 Å². The second-order valence-corrected chi connectivity index (χ2v) is 9.23. The van der Waals surface area contributed by atoms with Crippen molar-refractivity contribution in [3.05, 3.63) is 72.7 Å². The van der Waals surface area contributed by atoms with Crippen LogP contribution in [0.5, 0.6) is 5.75 Å². The van der Waals surface area contributed by atoms with Gasteiger partial charge < -0.3 is 30.4 Å². The number of anilines is 4. The molecule has 1 aliphatic rings. The van der Waals surface area contributed by atoms with E-state index in [-0.39, 0.29) is 5.75 Å². The molecule has 11 heteroatoms. The molecular formula is C29H27N9O2. The molecule has 4 heterocycles. The molecule has 5 aromatic rings. The van der Waals surface area contributed by atoms with Crippen LogP contribution < -0.4 is 20.9 Å². The summed E-state index contributed by atoms with van der Waals surface area (Å²) in [6.45, 7) is 3.42. The van der Waals surface area contributed by atoms with Crippen LogP contribution in [-0.4, -0.2) is 63.0 Å². The van der Waals surface area contributed by atoms with Crippen LogP contribution in [0.4, 0.5) is 23.3 Å². The van der Waals surface area contributed by atoms with Gasteiger partial charge in [-0.1, -0.05) is 30.2 Å². The van der Waals surface area contributed by atoms with Crippen molar-refractivity contribution < 1.29 is 9.52 Å². The number of phenols is 1. The number of aromatic hydroxyl groups is 1. The van der Waals surface area contributed by atoms with Crippen molar-refractivity contribution >= 4 is 34.4 Å². The maximum Gasteiger partial charge on any atom is 0.296 e. The van der Waals surface area contributed by atoms with E-state index in [2.05, 4.69) is 52.1 Å². The molecule has 2 aromatic carbocycles. The number of nitrogen functional groups attached to an aromatic ring is 1. The number of rotatable bonds is 5. The zero-order chi connectivity index (χ0) is 27.3. The number of benzene rings is 2. The molecule has 0 atom stereocenters. The summed E-state index contributed by atoms with van der Waals surface area (Å²) in [7, 11) is 0. The van der Waals surface area contributed by atoms with Crippen molar-refractivity contribution in [1.29, 1.82) is 0 Å². The molecule has 200 valence electrons. The number of nitrogens with two attached hydrogens (primary N) is 1. The Morgan fingerprint density at radius 2 is 1.77 bits per heavy atom. The van der Waals surface area contributed by atoms with Crippen molar-refractivity contribution in [2.24, 2.45) is 0 Å². The lowest BCUT2D eigenvalue weighted by atomic mass is 10.1. The molecule has 40 heavy (non-hydrogen) atoms. The predicted molar refractivity (Wildman–Crippen MR) is 154 cm³/mol. The fraction of sp³-hybridized carbons (Fsp3) is 0.207. The maximum atomic E-state index is 10.3. The van der Waals surface area contributed by atoms with E-state index in [4.69, 9.17) is 10.2 Å². The molecule has 0 bridgehead atoms. The third kappa shape index (κ3) is 5.42. The van der Waals surface area contributed by atoms with Gasteiger partial charge >= 0.3 is 0 Å². The Morgan fingerprint density at radius 1 is 0.950 bits per heavy atom. The summed E-state index contributed by atoms with van der Waals surface area (Å²) < 4.78 is 5.65. The lowest BCUT2D eigenvalue weighted by Crippen LogP contribution is -2.31. The Labute approximate surface area is 230 Å². The molecule has 1 aliphatic heterocycles. The summed E-state index contributed by atoms with van der Waals surface area (Å²) in [5.74, 6) is 7.84. The monoisotopic (exact) mass is 533 g/mol. The number of oxazole rings is 1. The van der Waals surface area contributed by atoms with Crippen LogP contribution >= 0.6 is 0 Å².